The first-order valence-corrected chi connectivity index (χ1v) is 5.93. The van der Waals surface area contributed by atoms with Crippen LogP contribution in [0.1, 0.15) is 32.4 Å². The lowest BCUT2D eigenvalue weighted by Gasteiger charge is -2.22. The minimum Gasteiger partial charge on any atom is -0.459 e. The number of nitrogens with two attached hydrogens (primary N) is 1. The molecule has 0 radical (unpaired) electrons. The maximum absolute atomic E-state index is 11.9. The second-order valence-corrected chi connectivity index (χ2v) is 5.30. The van der Waals surface area contributed by atoms with Crippen LogP contribution in [0, 0.1) is 0 Å². The highest BCUT2D eigenvalue weighted by Crippen LogP contribution is 2.24. The molecule has 0 amide bonds. The number of carbonyl (C=O) groups is 1. The van der Waals surface area contributed by atoms with Gasteiger partial charge in [-0.15, -0.1) is 0 Å². The van der Waals surface area contributed by atoms with Crippen LogP contribution in [0.15, 0.2) is 30.5 Å². The molecule has 0 bridgehead atoms. The van der Waals surface area contributed by atoms with Crippen molar-refractivity contribution in [2.24, 2.45) is 5.73 Å². The number of nitrogens with one attached hydrogen (secondary N) is 1. The Hall–Kier alpha value is -1.81. The Morgan fingerprint density at radius 2 is 2.00 bits per heavy atom. The van der Waals surface area contributed by atoms with Gasteiger partial charge in [0.05, 0.1) is 0 Å². The molecule has 1 aromatic carbocycles. The summed E-state index contributed by atoms with van der Waals surface area (Å²) in [4.78, 5) is 15.0. The number of carbonyl (C=O) groups excluding carboxylic acids is 1. The van der Waals surface area contributed by atoms with Crippen LogP contribution < -0.4 is 5.73 Å². The molecule has 0 spiro atoms. The van der Waals surface area contributed by atoms with Crippen molar-refractivity contribution in [3.8, 4) is 0 Å². The molecule has 0 saturated carbocycles. The van der Waals surface area contributed by atoms with Gasteiger partial charge < -0.3 is 15.5 Å². The van der Waals surface area contributed by atoms with Crippen LogP contribution in [-0.4, -0.2) is 16.6 Å². The number of para-hydroxylation sites is 1. The summed E-state index contributed by atoms with van der Waals surface area (Å²) < 4.78 is 5.29. The van der Waals surface area contributed by atoms with E-state index in [4.69, 9.17) is 10.5 Å². The van der Waals surface area contributed by atoms with Gasteiger partial charge in [0.2, 0.25) is 0 Å². The molecule has 1 aromatic heterocycles. The smallest absolute Gasteiger partial charge is 0.328 e. The van der Waals surface area contributed by atoms with Gasteiger partial charge in [0.25, 0.3) is 0 Å². The van der Waals surface area contributed by atoms with Crippen molar-refractivity contribution in [3.63, 3.8) is 0 Å². The van der Waals surface area contributed by atoms with Crippen molar-refractivity contribution in [1.82, 2.24) is 4.98 Å². The minimum absolute atomic E-state index is 0.410. The molecule has 3 N–H and O–H groups in total. The van der Waals surface area contributed by atoms with E-state index >= 15 is 0 Å². The van der Waals surface area contributed by atoms with Gasteiger partial charge in [-0.2, -0.15) is 0 Å². The van der Waals surface area contributed by atoms with Crippen molar-refractivity contribution in [1.29, 1.82) is 0 Å². The van der Waals surface area contributed by atoms with E-state index in [1.165, 1.54) is 0 Å². The summed E-state index contributed by atoms with van der Waals surface area (Å²) in [6.07, 6.45) is 1.76. The Balaban J connectivity index is 2.28. The molecule has 2 aromatic rings. The van der Waals surface area contributed by atoms with Crippen LogP contribution in [0.25, 0.3) is 10.9 Å². The number of esters is 1. The highest BCUT2D eigenvalue weighted by atomic mass is 16.6. The topological polar surface area (TPSA) is 68.1 Å². The number of benzene rings is 1. The van der Waals surface area contributed by atoms with Crippen molar-refractivity contribution < 1.29 is 9.53 Å². The highest BCUT2D eigenvalue weighted by Gasteiger charge is 2.25. The van der Waals surface area contributed by atoms with E-state index in [0.29, 0.717) is 0 Å². The predicted octanol–water partition coefficient (Wildman–Crippen LogP) is 2.51. The lowest BCUT2D eigenvalue weighted by molar-refractivity contribution is -0.156. The van der Waals surface area contributed by atoms with E-state index in [-0.39, 0.29) is 0 Å². The van der Waals surface area contributed by atoms with Gasteiger partial charge in [0, 0.05) is 22.7 Å². The van der Waals surface area contributed by atoms with Gasteiger partial charge in [-0.05, 0) is 26.8 Å². The molecule has 1 heterocycles. The molecule has 18 heavy (non-hydrogen) atoms. The molecule has 2 rings (SSSR count). The highest BCUT2D eigenvalue weighted by molar-refractivity contribution is 5.89. The number of ether oxygens (including phenoxy) is 1. The van der Waals surface area contributed by atoms with Gasteiger partial charge in [0.15, 0.2) is 0 Å². The zero-order valence-electron chi connectivity index (χ0n) is 10.9. The zero-order valence-corrected chi connectivity index (χ0v) is 10.9. The molecular formula is C14H18N2O2. The number of aromatic nitrogens is 1. The molecule has 1 unspecified atom stereocenters. The van der Waals surface area contributed by atoms with E-state index in [0.717, 1.165) is 16.5 Å². The maximum atomic E-state index is 11.9. The second kappa shape index (κ2) is 4.46. The lowest BCUT2D eigenvalue weighted by Crippen LogP contribution is -2.31. The third-order valence-electron chi connectivity index (χ3n) is 2.62. The van der Waals surface area contributed by atoms with Gasteiger partial charge >= 0.3 is 5.97 Å². The summed E-state index contributed by atoms with van der Waals surface area (Å²) in [5.74, 6) is -0.410. The van der Waals surface area contributed by atoms with Gasteiger partial charge in [-0.25, -0.2) is 4.79 Å². The van der Waals surface area contributed by atoms with E-state index in [1.54, 1.807) is 6.20 Å². The first-order chi connectivity index (χ1) is 8.38. The summed E-state index contributed by atoms with van der Waals surface area (Å²) in [7, 11) is 0. The Kier molecular flexibility index (Phi) is 3.13. The van der Waals surface area contributed by atoms with Gasteiger partial charge in [-0.1, -0.05) is 18.2 Å². The lowest BCUT2D eigenvalue weighted by atomic mass is 10.1. The Bertz CT molecular complexity index is 566. The Morgan fingerprint density at radius 3 is 2.67 bits per heavy atom. The summed E-state index contributed by atoms with van der Waals surface area (Å²) >= 11 is 0. The largest absolute Gasteiger partial charge is 0.459 e. The van der Waals surface area contributed by atoms with E-state index in [9.17, 15) is 4.79 Å². The molecule has 0 saturated heterocycles. The molecule has 0 aliphatic carbocycles. The van der Waals surface area contributed by atoms with Gasteiger partial charge in [-0.3, -0.25) is 0 Å². The molecule has 0 aliphatic rings. The fourth-order valence-electron chi connectivity index (χ4n) is 1.84. The number of rotatable bonds is 2. The van der Waals surface area contributed by atoms with E-state index in [1.807, 2.05) is 45.0 Å². The van der Waals surface area contributed by atoms with Crippen molar-refractivity contribution >= 4 is 16.9 Å². The monoisotopic (exact) mass is 246 g/mol. The molecule has 1 atom stereocenters. The van der Waals surface area contributed by atoms with Crippen LogP contribution in [0.5, 0.6) is 0 Å². The summed E-state index contributed by atoms with van der Waals surface area (Å²) in [5.41, 5.74) is 7.16. The number of aromatic amines is 1. The third kappa shape index (κ3) is 2.54. The molecule has 0 fully saturated rings. The molecule has 4 heteroatoms. The molecule has 0 aliphatic heterocycles. The van der Waals surface area contributed by atoms with Crippen LogP contribution in [0.4, 0.5) is 0 Å². The first-order valence-electron chi connectivity index (χ1n) is 5.93. The van der Waals surface area contributed by atoms with Crippen LogP contribution in [0.3, 0.4) is 0 Å². The maximum Gasteiger partial charge on any atom is 0.328 e. The zero-order chi connectivity index (χ0) is 13.3. The Morgan fingerprint density at radius 1 is 1.33 bits per heavy atom. The quantitative estimate of drug-likeness (QED) is 0.800. The first kappa shape index (κ1) is 12.6. The molecule has 4 nitrogen and oxygen atoms in total. The average molecular weight is 246 g/mol. The van der Waals surface area contributed by atoms with Crippen molar-refractivity contribution in [2.75, 3.05) is 0 Å². The number of hydrogen-bond acceptors (Lipinski definition) is 3. The molecule has 96 valence electrons. The van der Waals surface area contributed by atoms with E-state index < -0.39 is 17.6 Å². The van der Waals surface area contributed by atoms with Crippen molar-refractivity contribution in [3.05, 3.63) is 36.0 Å². The SMILES string of the molecule is CC(C)(C)OC(=O)C(N)c1c[nH]c2ccccc12. The summed E-state index contributed by atoms with van der Waals surface area (Å²) in [6.45, 7) is 5.48. The molecular weight excluding hydrogens is 228 g/mol. The second-order valence-electron chi connectivity index (χ2n) is 5.30. The fraction of sp³-hybridized carbons (Fsp3) is 0.357. The van der Waals surface area contributed by atoms with Crippen LogP contribution >= 0.6 is 0 Å². The van der Waals surface area contributed by atoms with Gasteiger partial charge in [0.1, 0.15) is 11.6 Å². The Labute approximate surface area is 106 Å². The predicted molar refractivity (Wildman–Crippen MR) is 71.1 cm³/mol. The third-order valence-corrected chi connectivity index (χ3v) is 2.62. The van der Waals surface area contributed by atoms with E-state index in [2.05, 4.69) is 4.98 Å². The van der Waals surface area contributed by atoms with Crippen molar-refractivity contribution in [2.45, 2.75) is 32.4 Å². The number of hydrogen-bond donors (Lipinski definition) is 2. The number of fused-ring (bicyclic) bond motifs is 1. The summed E-state index contributed by atoms with van der Waals surface area (Å²) in [6, 6.07) is 6.97. The van der Waals surface area contributed by atoms with Crippen LogP contribution in [0.2, 0.25) is 0 Å². The minimum atomic E-state index is -0.764. The summed E-state index contributed by atoms with van der Waals surface area (Å²) in [5, 5.41) is 0.954. The fourth-order valence-corrected chi connectivity index (χ4v) is 1.84. The van der Waals surface area contributed by atoms with Crippen LogP contribution in [-0.2, 0) is 9.53 Å². The average Bonchev–Trinajstić information content (AvgIpc) is 2.69. The standard InChI is InChI=1S/C14H18N2O2/c1-14(2,3)18-13(17)12(15)10-8-16-11-7-5-4-6-9(10)11/h4-8,12,16H,15H2,1-3H3. The number of H-pyrrole nitrogens is 1. The normalized spacial score (nSPS) is 13.6.